The lowest BCUT2D eigenvalue weighted by atomic mass is 10.0. The van der Waals surface area contributed by atoms with Gasteiger partial charge in [0.25, 0.3) is 5.91 Å². The highest BCUT2D eigenvalue weighted by atomic mass is 32.2. The van der Waals surface area contributed by atoms with Crippen LogP contribution < -0.4 is 5.32 Å². The van der Waals surface area contributed by atoms with Crippen molar-refractivity contribution in [1.29, 1.82) is 0 Å². The number of carbonyl (C=O) groups is 4. The zero-order valence-electron chi connectivity index (χ0n) is 18.4. The number of nitrogens with one attached hydrogen (secondary N) is 1. The van der Waals surface area contributed by atoms with Crippen molar-refractivity contribution in [3.8, 4) is 0 Å². The van der Waals surface area contributed by atoms with Gasteiger partial charge in [0.1, 0.15) is 22.7 Å². The quantitative estimate of drug-likeness (QED) is 0.365. The molecule has 32 heavy (non-hydrogen) atoms. The predicted octanol–water partition coefficient (Wildman–Crippen LogP) is 2.41. The lowest BCUT2D eigenvalue weighted by Gasteiger charge is -2.49. The second-order valence-electron chi connectivity index (χ2n) is 8.17. The first-order valence-electron chi connectivity index (χ1n) is 10.2. The molecule has 2 amide bonds. The molecule has 2 aliphatic heterocycles. The third kappa shape index (κ3) is 5.60. The molecule has 0 bridgehead atoms. The summed E-state index contributed by atoms with van der Waals surface area (Å²) in [6.45, 7) is 7.14. The molecule has 3 heterocycles. The molecule has 0 saturated carbocycles. The summed E-state index contributed by atoms with van der Waals surface area (Å²) in [6.07, 6.45) is 2.91. The number of rotatable bonds is 7. The van der Waals surface area contributed by atoms with Crippen LogP contribution >= 0.6 is 23.1 Å². The number of fused-ring (bicyclic) bond motifs is 1. The summed E-state index contributed by atoms with van der Waals surface area (Å²) in [7, 11) is 0. The third-order valence-corrected chi connectivity index (χ3v) is 6.71. The number of thioether (sulfide) groups is 1. The van der Waals surface area contributed by atoms with Crippen LogP contribution in [0.5, 0.6) is 0 Å². The zero-order valence-corrected chi connectivity index (χ0v) is 20.0. The lowest BCUT2D eigenvalue weighted by Crippen LogP contribution is -2.70. The average molecular weight is 479 g/mol. The SMILES string of the molecule is CCOC(=O)C=CC1=C(C(=O)OC(C)(C)C)N2C(=O)C(NC(=O)Cc3cccs3)[C@H]2SC1. The molecule has 1 aromatic rings. The highest BCUT2D eigenvalue weighted by Crippen LogP contribution is 2.41. The topological polar surface area (TPSA) is 102 Å². The Bertz CT molecular complexity index is 962. The van der Waals surface area contributed by atoms with Gasteiger partial charge in [-0.1, -0.05) is 6.07 Å². The van der Waals surface area contributed by atoms with Gasteiger partial charge in [0.05, 0.1) is 13.0 Å². The van der Waals surface area contributed by atoms with Crippen molar-refractivity contribution in [3.63, 3.8) is 0 Å². The maximum atomic E-state index is 13.0. The van der Waals surface area contributed by atoms with Crippen LogP contribution in [0, 0.1) is 0 Å². The number of hydrogen-bond donors (Lipinski definition) is 1. The number of β-lactam (4-membered cyclic amide) rings is 1. The zero-order chi connectivity index (χ0) is 23.5. The number of nitrogens with zero attached hydrogens (tertiary/aromatic N) is 1. The van der Waals surface area contributed by atoms with Crippen LogP contribution in [0.3, 0.4) is 0 Å². The Kier molecular flexibility index (Phi) is 7.45. The van der Waals surface area contributed by atoms with Crippen molar-refractivity contribution in [1.82, 2.24) is 10.2 Å². The number of hydrogen-bond acceptors (Lipinski definition) is 8. The van der Waals surface area contributed by atoms with Gasteiger partial charge in [-0.15, -0.1) is 23.1 Å². The summed E-state index contributed by atoms with van der Waals surface area (Å²) in [5.41, 5.74) is -0.175. The number of carbonyl (C=O) groups excluding carboxylic acids is 4. The Morgan fingerprint density at radius 1 is 1.31 bits per heavy atom. The first-order chi connectivity index (χ1) is 15.1. The average Bonchev–Trinajstić information content (AvgIpc) is 3.21. The van der Waals surface area contributed by atoms with Gasteiger partial charge in [0.2, 0.25) is 5.91 Å². The molecule has 10 heteroatoms. The van der Waals surface area contributed by atoms with Gasteiger partial charge < -0.3 is 14.8 Å². The number of thiophene rings is 1. The number of ether oxygens (including phenoxy) is 2. The fourth-order valence-electron chi connectivity index (χ4n) is 3.24. The van der Waals surface area contributed by atoms with Crippen molar-refractivity contribution in [3.05, 3.63) is 45.8 Å². The van der Waals surface area contributed by atoms with Crippen molar-refractivity contribution >= 4 is 46.9 Å². The van der Waals surface area contributed by atoms with Crippen LogP contribution in [0.2, 0.25) is 0 Å². The van der Waals surface area contributed by atoms with Crippen molar-refractivity contribution < 1.29 is 28.7 Å². The highest BCUT2D eigenvalue weighted by Gasteiger charge is 2.54. The molecule has 1 aromatic heterocycles. The molecular formula is C22H26N2O6S2. The fraction of sp³-hybridized carbons (Fsp3) is 0.455. The molecule has 2 aliphatic rings. The van der Waals surface area contributed by atoms with Crippen LogP contribution in [-0.2, 0) is 35.1 Å². The van der Waals surface area contributed by atoms with E-state index >= 15 is 0 Å². The molecular weight excluding hydrogens is 452 g/mol. The Morgan fingerprint density at radius 3 is 2.69 bits per heavy atom. The summed E-state index contributed by atoms with van der Waals surface area (Å²) < 4.78 is 10.4. The van der Waals surface area contributed by atoms with Crippen LogP contribution in [0.4, 0.5) is 0 Å². The van der Waals surface area contributed by atoms with Crippen LogP contribution in [0.25, 0.3) is 0 Å². The normalized spacial score (nSPS) is 20.6. The molecule has 0 aliphatic carbocycles. The molecule has 1 N–H and O–H groups in total. The molecule has 0 radical (unpaired) electrons. The van der Waals surface area contributed by atoms with Crippen molar-refractivity contribution in [2.45, 2.75) is 51.1 Å². The number of amides is 2. The molecule has 1 unspecified atom stereocenters. The molecule has 0 spiro atoms. The Balaban J connectivity index is 1.80. The summed E-state index contributed by atoms with van der Waals surface area (Å²) in [5, 5.41) is 4.25. The number of allylic oxidation sites excluding steroid dienone is 1. The van der Waals surface area contributed by atoms with E-state index in [1.165, 1.54) is 40.2 Å². The molecule has 3 rings (SSSR count). The van der Waals surface area contributed by atoms with E-state index in [9.17, 15) is 19.2 Å². The van der Waals surface area contributed by atoms with E-state index in [0.29, 0.717) is 11.3 Å². The smallest absolute Gasteiger partial charge is 0.355 e. The summed E-state index contributed by atoms with van der Waals surface area (Å²) in [6, 6.07) is 3.00. The van der Waals surface area contributed by atoms with Gasteiger partial charge in [-0.3, -0.25) is 14.5 Å². The Morgan fingerprint density at radius 2 is 2.06 bits per heavy atom. The summed E-state index contributed by atoms with van der Waals surface area (Å²) in [5.74, 6) is -1.45. The van der Waals surface area contributed by atoms with Crippen molar-refractivity contribution in [2.24, 2.45) is 0 Å². The van der Waals surface area contributed by atoms with Gasteiger partial charge >= 0.3 is 11.9 Å². The van der Waals surface area contributed by atoms with E-state index in [-0.39, 0.29) is 30.5 Å². The van der Waals surface area contributed by atoms with Crippen LogP contribution in [0.1, 0.15) is 32.6 Å². The highest BCUT2D eigenvalue weighted by molar-refractivity contribution is 8.00. The van der Waals surface area contributed by atoms with E-state index in [2.05, 4.69) is 5.32 Å². The minimum atomic E-state index is -0.762. The fourth-order valence-corrected chi connectivity index (χ4v) is 5.26. The molecule has 172 valence electrons. The molecule has 2 atom stereocenters. The Labute approximate surface area is 195 Å². The Hall–Kier alpha value is -2.59. The van der Waals surface area contributed by atoms with Crippen LogP contribution in [-0.4, -0.2) is 58.0 Å². The van der Waals surface area contributed by atoms with Gasteiger partial charge in [-0.25, -0.2) is 9.59 Å². The lowest BCUT2D eigenvalue weighted by molar-refractivity contribution is -0.159. The second kappa shape index (κ2) is 9.91. The minimum Gasteiger partial charge on any atom is -0.463 e. The third-order valence-electron chi connectivity index (χ3n) is 4.53. The maximum absolute atomic E-state index is 13.0. The first kappa shape index (κ1) is 24.1. The van der Waals surface area contributed by atoms with Gasteiger partial charge in [0, 0.05) is 16.7 Å². The summed E-state index contributed by atoms with van der Waals surface area (Å²) >= 11 is 2.88. The van der Waals surface area contributed by atoms with Gasteiger partial charge in [0.15, 0.2) is 0 Å². The number of esters is 2. The van der Waals surface area contributed by atoms with E-state index in [1.54, 1.807) is 27.7 Å². The van der Waals surface area contributed by atoms with E-state index < -0.39 is 29.0 Å². The molecule has 1 saturated heterocycles. The van der Waals surface area contributed by atoms with E-state index in [0.717, 1.165) is 4.88 Å². The van der Waals surface area contributed by atoms with Gasteiger partial charge in [-0.2, -0.15) is 0 Å². The largest absolute Gasteiger partial charge is 0.463 e. The van der Waals surface area contributed by atoms with Crippen molar-refractivity contribution in [2.75, 3.05) is 12.4 Å². The summed E-state index contributed by atoms with van der Waals surface area (Å²) in [4.78, 5) is 52.3. The van der Waals surface area contributed by atoms with E-state index in [4.69, 9.17) is 9.47 Å². The maximum Gasteiger partial charge on any atom is 0.355 e. The minimum absolute atomic E-state index is 0.0954. The monoisotopic (exact) mass is 478 g/mol. The van der Waals surface area contributed by atoms with Crippen LogP contribution in [0.15, 0.2) is 40.9 Å². The molecule has 0 aromatic carbocycles. The predicted molar refractivity (Wildman–Crippen MR) is 122 cm³/mol. The van der Waals surface area contributed by atoms with E-state index in [1.807, 2.05) is 17.5 Å². The second-order valence-corrected chi connectivity index (χ2v) is 10.3. The van der Waals surface area contributed by atoms with Gasteiger partial charge in [-0.05, 0) is 50.8 Å². The first-order valence-corrected chi connectivity index (χ1v) is 12.1. The molecule has 8 nitrogen and oxygen atoms in total. The standard InChI is InChI=1S/C22H26N2O6S2/c1-5-29-16(26)9-8-13-12-32-20-17(23-15(25)11-14-7-6-10-31-14)19(27)24(20)18(13)21(28)30-22(2,3)4/h6-10,17,20H,5,11-12H2,1-4H3,(H,23,25)/t17?,20-/m1/s1. The molecule has 1 fully saturated rings.